The molecule has 0 saturated carbocycles. The van der Waals surface area contributed by atoms with Crippen LogP contribution < -0.4 is 0 Å². The zero-order valence-electron chi connectivity index (χ0n) is 50.0. The highest BCUT2D eigenvalue weighted by molar-refractivity contribution is 8.02. The van der Waals surface area contributed by atoms with Gasteiger partial charge in [0.2, 0.25) is 0 Å². The zero-order valence-corrected chi connectivity index (χ0v) is 51.6. The third-order valence-electron chi connectivity index (χ3n) is 13.8. The molecule has 0 aliphatic heterocycles. The van der Waals surface area contributed by atoms with Crippen molar-refractivity contribution in [1.82, 2.24) is 4.57 Å². The maximum absolute atomic E-state index is 6.09. The minimum Gasteiger partial charge on any atom is -0.456 e. The van der Waals surface area contributed by atoms with E-state index in [9.17, 15) is 0 Å². The van der Waals surface area contributed by atoms with Crippen LogP contribution in [0.1, 0.15) is 79.5 Å². The molecule has 0 aliphatic carbocycles. The Hall–Kier alpha value is -8.41. The van der Waals surface area contributed by atoms with Gasteiger partial charge in [-0.1, -0.05) is 217 Å². The second-order valence-electron chi connectivity index (χ2n) is 19.5. The van der Waals surface area contributed by atoms with Crippen LogP contribution >= 0.6 is 23.1 Å². The van der Waals surface area contributed by atoms with Crippen molar-refractivity contribution in [3.63, 3.8) is 0 Å². The van der Waals surface area contributed by atoms with Gasteiger partial charge in [0, 0.05) is 47.7 Å². The molecular formula is C78H81NOS2. The highest BCUT2D eigenvalue weighted by Gasteiger charge is 2.16. The first-order chi connectivity index (χ1) is 39.8. The first kappa shape index (κ1) is 62.8. The molecule has 3 aromatic heterocycles. The van der Waals surface area contributed by atoms with E-state index in [-0.39, 0.29) is 0 Å². The molecular weight excluding hydrogens is 1030 g/mol. The molecule has 2 nitrogen and oxygen atoms in total. The number of fused-ring (bicyclic) bond motifs is 7. The number of hydrogen-bond donors (Lipinski definition) is 0. The van der Waals surface area contributed by atoms with Gasteiger partial charge in [-0.15, -0.1) is 23.1 Å². The van der Waals surface area contributed by atoms with Crippen molar-refractivity contribution in [1.29, 1.82) is 0 Å². The Kier molecular flexibility index (Phi) is 24.2. The molecule has 0 spiro atoms. The molecule has 0 bridgehead atoms. The molecule has 0 unspecified atom stereocenters. The molecule has 3 heterocycles. The standard InChI is InChI=1S/C49H33NOS.C13H16S.C8H14.C6H12.C2H6/c1-3-4-17-44-31(2)39-15-5-7-18-45(39)50(44)38-22-25-49-43(30-38)42-29-37(21-24-48(42)52-49)35-14-10-12-33(27-35)32-11-9-13-34(26-32)36-20-23-47-41(28-36)40-16-6-8-19-46(40)51-47;1-6-7-8-11(2)12(3)9-10-13(4)14-5;1-5-6-8(4)7(2)3;1-3-5-6-4-2;1-2/h3-30H,1H2,2H3;6-10H,1-4H2,5H3;5-6H,1-4H3;5-6H,3-4H2,1-2H3;1-2H3/b17-4-;8-7-,10-9-;2*6-5-;. The smallest absolute Gasteiger partial charge is 0.135 e. The number of thioether (sulfide) groups is 1. The van der Waals surface area contributed by atoms with E-state index in [2.05, 4.69) is 249 Å². The second-order valence-corrected chi connectivity index (χ2v) is 21.6. The summed E-state index contributed by atoms with van der Waals surface area (Å²) in [5.41, 5.74) is 18.4. The highest BCUT2D eigenvalue weighted by Crippen LogP contribution is 2.40. The fourth-order valence-corrected chi connectivity index (χ4v) is 10.5. The first-order valence-corrected chi connectivity index (χ1v) is 30.4. The average molecular weight is 1110 g/mol. The fraction of sp³-hybridized carbons (Fsp3) is 0.154. The van der Waals surface area contributed by atoms with Crippen molar-refractivity contribution in [2.45, 2.75) is 75.2 Å². The number of allylic oxidation sites excluding steroid dienone is 15. The van der Waals surface area contributed by atoms with Crippen molar-refractivity contribution in [2.75, 3.05) is 6.26 Å². The van der Waals surface area contributed by atoms with Crippen LogP contribution in [0.5, 0.6) is 0 Å². The van der Waals surface area contributed by atoms with Crippen LogP contribution in [0, 0.1) is 6.92 Å². The Morgan fingerprint density at radius 1 is 0.549 bits per heavy atom. The van der Waals surface area contributed by atoms with Gasteiger partial charge in [-0.3, -0.25) is 0 Å². The molecule has 0 aliphatic rings. The Bertz CT molecular complexity index is 4040. The van der Waals surface area contributed by atoms with Crippen molar-refractivity contribution < 1.29 is 4.42 Å². The summed E-state index contributed by atoms with van der Waals surface area (Å²) in [6.07, 6.45) is 28.2. The van der Waals surface area contributed by atoms with Gasteiger partial charge >= 0.3 is 0 Å². The van der Waals surface area contributed by atoms with Crippen LogP contribution in [-0.4, -0.2) is 10.8 Å². The summed E-state index contributed by atoms with van der Waals surface area (Å²) >= 11 is 3.47. The minimum atomic E-state index is 0.884. The van der Waals surface area contributed by atoms with Gasteiger partial charge in [-0.25, -0.2) is 0 Å². The molecule has 0 amide bonds. The molecule has 10 rings (SSSR count). The van der Waals surface area contributed by atoms with Crippen molar-refractivity contribution in [2.24, 2.45) is 0 Å². The number of para-hydroxylation sites is 2. The largest absolute Gasteiger partial charge is 0.456 e. The quantitative estimate of drug-likeness (QED) is 0.0752. The van der Waals surface area contributed by atoms with Crippen molar-refractivity contribution in [3.05, 3.63) is 290 Å². The van der Waals surface area contributed by atoms with Gasteiger partial charge in [0.25, 0.3) is 0 Å². The van der Waals surface area contributed by atoms with Gasteiger partial charge in [0.1, 0.15) is 11.2 Å². The molecule has 82 heavy (non-hydrogen) atoms. The Morgan fingerprint density at radius 2 is 1.07 bits per heavy atom. The van der Waals surface area contributed by atoms with Crippen LogP contribution in [-0.2, 0) is 0 Å². The van der Waals surface area contributed by atoms with E-state index in [0.717, 1.165) is 43.7 Å². The lowest BCUT2D eigenvalue weighted by atomic mass is 9.95. The predicted molar refractivity (Wildman–Crippen MR) is 373 cm³/mol. The molecule has 0 radical (unpaired) electrons. The summed E-state index contributed by atoms with van der Waals surface area (Å²) in [5.74, 6) is 0. The topological polar surface area (TPSA) is 18.1 Å². The normalized spacial score (nSPS) is 11.2. The van der Waals surface area contributed by atoms with Gasteiger partial charge in [-0.05, 0) is 188 Å². The summed E-state index contributed by atoms with van der Waals surface area (Å²) in [6, 6.07) is 55.0. The third kappa shape index (κ3) is 15.9. The van der Waals surface area contributed by atoms with Crippen LogP contribution in [0.4, 0.5) is 0 Å². The molecule has 7 aromatic carbocycles. The lowest BCUT2D eigenvalue weighted by Crippen LogP contribution is -1.96. The lowest BCUT2D eigenvalue weighted by Gasteiger charge is -2.10. The number of aryl methyl sites for hydroxylation is 1. The fourth-order valence-electron chi connectivity index (χ4n) is 9.21. The monoisotopic (exact) mass is 1110 g/mol. The number of rotatable bonds is 15. The zero-order chi connectivity index (χ0) is 59.1. The SMILES string of the molecule is C/C=C\C(C)=C(C)C.C=C/C=C\C(=C)C(=C)/C=C\C(=C)SC.C=C/C=C\c1c(C)c2ccccc2n1-c1ccc2sc3ccc(-c4cccc(-c5cccc(-c6ccc7oc8ccccc8c7c6)c5)c4)cc3c2c1.CC.CC/C=C\CC. The van der Waals surface area contributed by atoms with E-state index < -0.39 is 0 Å². The van der Waals surface area contributed by atoms with Gasteiger partial charge < -0.3 is 8.98 Å². The number of benzene rings is 7. The molecule has 416 valence electrons. The number of thiophene rings is 1. The van der Waals surface area contributed by atoms with E-state index in [4.69, 9.17) is 4.42 Å². The number of furan rings is 1. The minimum absolute atomic E-state index is 0.884. The summed E-state index contributed by atoms with van der Waals surface area (Å²) in [4.78, 5) is 1.01. The molecule has 10 aromatic rings. The van der Waals surface area contributed by atoms with Crippen LogP contribution in [0.2, 0.25) is 0 Å². The van der Waals surface area contributed by atoms with Gasteiger partial charge in [-0.2, -0.15) is 0 Å². The summed E-state index contributed by atoms with van der Waals surface area (Å²) < 4.78 is 11.1. The number of nitrogens with zero attached hydrogens (tertiary/aromatic N) is 1. The first-order valence-electron chi connectivity index (χ1n) is 28.3. The van der Waals surface area contributed by atoms with Crippen LogP contribution in [0.25, 0.3) is 98.2 Å². The Labute approximate surface area is 498 Å². The second kappa shape index (κ2) is 31.6. The molecule has 0 fully saturated rings. The Morgan fingerprint density at radius 3 is 1.65 bits per heavy atom. The van der Waals surface area contributed by atoms with E-state index in [1.807, 2.05) is 87.0 Å². The summed E-state index contributed by atoms with van der Waals surface area (Å²) in [5, 5.41) is 6.12. The summed E-state index contributed by atoms with van der Waals surface area (Å²) in [6.45, 7) is 38.0. The van der Waals surface area contributed by atoms with Gasteiger partial charge in [0.05, 0.1) is 5.52 Å². The Balaban J connectivity index is 0.000000298. The number of aromatic nitrogens is 1. The predicted octanol–water partition coefficient (Wildman–Crippen LogP) is 25.0. The molecule has 0 saturated heterocycles. The molecule has 0 atom stereocenters. The van der Waals surface area contributed by atoms with Gasteiger partial charge in [0.15, 0.2) is 0 Å². The highest BCUT2D eigenvalue weighted by atomic mass is 32.2. The van der Waals surface area contributed by atoms with E-state index >= 15 is 0 Å². The summed E-state index contributed by atoms with van der Waals surface area (Å²) in [7, 11) is 0. The van der Waals surface area contributed by atoms with Crippen molar-refractivity contribution in [3.8, 4) is 39.1 Å². The van der Waals surface area contributed by atoms with E-state index in [1.165, 1.54) is 99.7 Å². The van der Waals surface area contributed by atoms with Crippen molar-refractivity contribution >= 4 is 82.2 Å². The lowest BCUT2D eigenvalue weighted by molar-refractivity contribution is 0.669. The third-order valence-corrected chi connectivity index (χ3v) is 15.6. The van der Waals surface area contributed by atoms with E-state index in [0.29, 0.717) is 0 Å². The number of hydrogen-bond acceptors (Lipinski definition) is 3. The molecule has 0 N–H and O–H groups in total. The van der Waals surface area contributed by atoms with E-state index in [1.54, 1.807) is 17.8 Å². The maximum Gasteiger partial charge on any atom is 0.135 e. The van der Waals surface area contributed by atoms with Crippen LogP contribution in [0.3, 0.4) is 0 Å². The average Bonchev–Trinajstić information content (AvgIpc) is 4.39. The molecule has 4 heteroatoms. The van der Waals surface area contributed by atoms with Crippen LogP contribution in [0.15, 0.2) is 283 Å². The maximum atomic E-state index is 6.09.